The van der Waals surface area contributed by atoms with E-state index in [1.807, 2.05) is 65.7 Å². The summed E-state index contributed by atoms with van der Waals surface area (Å²) in [5.74, 6) is 0.425. The van der Waals surface area contributed by atoms with Gasteiger partial charge in [0.25, 0.3) is 5.91 Å². The van der Waals surface area contributed by atoms with E-state index in [9.17, 15) is 4.79 Å². The Morgan fingerprint density at radius 1 is 1.11 bits per heavy atom. The third-order valence-corrected chi connectivity index (χ3v) is 5.53. The van der Waals surface area contributed by atoms with Gasteiger partial charge in [0.1, 0.15) is 4.83 Å². The van der Waals surface area contributed by atoms with Crippen molar-refractivity contribution in [2.75, 3.05) is 5.32 Å². The molecule has 7 heteroatoms. The fourth-order valence-electron chi connectivity index (χ4n) is 3.15. The van der Waals surface area contributed by atoms with E-state index in [0.717, 1.165) is 27.3 Å². The molecular formula is C20H21N5OS. The summed E-state index contributed by atoms with van der Waals surface area (Å²) in [5.41, 5.74) is 2.91. The van der Waals surface area contributed by atoms with Gasteiger partial charge in [-0.2, -0.15) is 10.2 Å². The lowest BCUT2D eigenvalue weighted by Gasteiger charge is -2.06. The van der Waals surface area contributed by atoms with Gasteiger partial charge in [0.15, 0.2) is 5.82 Å². The molecule has 3 heterocycles. The molecule has 0 saturated carbocycles. The van der Waals surface area contributed by atoms with Gasteiger partial charge >= 0.3 is 0 Å². The van der Waals surface area contributed by atoms with Crippen molar-refractivity contribution in [3.05, 3.63) is 58.7 Å². The SMILES string of the molecule is Cc1nn(-c2ccccc2)c2sc(C(=O)Nc3cc(C)n(C(C)C)n3)cc12. The Kier molecular flexibility index (Phi) is 4.31. The summed E-state index contributed by atoms with van der Waals surface area (Å²) in [6, 6.07) is 14.0. The molecule has 27 heavy (non-hydrogen) atoms. The molecular weight excluding hydrogens is 358 g/mol. The quantitative estimate of drug-likeness (QED) is 0.557. The zero-order chi connectivity index (χ0) is 19.1. The molecule has 4 rings (SSSR count). The average molecular weight is 379 g/mol. The summed E-state index contributed by atoms with van der Waals surface area (Å²) < 4.78 is 3.79. The summed E-state index contributed by atoms with van der Waals surface area (Å²) in [5, 5.41) is 13.0. The first-order valence-electron chi connectivity index (χ1n) is 8.86. The van der Waals surface area contributed by atoms with E-state index in [1.165, 1.54) is 11.3 Å². The number of nitrogens with one attached hydrogen (secondary N) is 1. The number of rotatable bonds is 4. The summed E-state index contributed by atoms with van der Waals surface area (Å²) in [7, 11) is 0. The van der Waals surface area contributed by atoms with Crippen LogP contribution in [0, 0.1) is 13.8 Å². The standard InChI is InChI=1S/C20H21N5OS/c1-12(2)24-13(3)10-18(23-24)21-19(26)17-11-16-14(4)22-25(20(16)27-17)15-8-6-5-7-9-15/h5-12H,1-4H3,(H,21,23,26). The minimum atomic E-state index is -0.149. The van der Waals surface area contributed by atoms with Crippen molar-refractivity contribution in [1.29, 1.82) is 0 Å². The Balaban J connectivity index is 1.66. The van der Waals surface area contributed by atoms with Gasteiger partial charge in [-0.3, -0.25) is 9.48 Å². The maximum atomic E-state index is 12.8. The van der Waals surface area contributed by atoms with E-state index in [0.29, 0.717) is 10.7 Å². The van der Waals surface area contributed by atoms with Crippen LogP contribution in [0.2, 0.25) is 0 Å². The Morgan fingerprint density at radius 3 is 2.52 bits per heavy atom. The molecule has 0 bridgehead atoms. The number of anilines is 1. The highest BCUT2D eigenvalue weighted by Gasteiger charge is 2.18. The molecule has 6 nitrogen and oxygen atoms in total. The highest BCUT2D eigenvalue weighted by molar-refractivity contribution is 7.20. The van der Waals surface area contributed by atoms with Crippen LogP contribution in [-0.2, 0) is 0 Å². The van der Waals surface area contributed by atoms with Crippen molar-refractivity contribution in [3.8, 4) is 5.69 Å². The van der Waals surface area contributed by atoms with E-state index in [4.69, 9.17) is 0 Å². The molecule has 1 amide bonds. The van der Waals surface area contributed by atoms with Crippen molar-refractivity contribution in [1.82, 2.24) is 19.6 Å². The Labute approximate surface area is 161 Å². The molecule has 0 spiro atoms. The Hall–Kier alpha value is -2.93. The fourth-order valence-corrected chi connectivity index (χ4v) is 4.23. The Morgan fingerprint density at radius 2 is 1.85 bits per heavy atom. The van der Waals surface area contributed by atoms with Gasteiger partial charge in [-0.05, 0) is 45.9 Å². The normalized spacial score (nSPS) is 11.4. The maximum absolute atomic E-state index is 12.8. The second-order valence-electron chi connectivity index (χ2n) is 6.83. The van der Waals surface area contributed by atoms with Gasteiger partial charge < -0.3 is 5.32 Å². The second kappa shape index (κ2) is 6.66. The topological polar surface area (TPSA) is 64.7 Å². The number of nitrogens with zero attached hydrogens (tertiary/aromatic N) is 4. The smallest absolute Gasteiger partial charge is 0.267 e. The molecule has 0 aliphatic carbocycles. The van der Waals surface area contributed by atoms with Crippen LogP contribution >= 0.6 is 11.3 Å². The van der Waals surface area contributed by atoms with Gasteiger partial charge in [-0.1, -0.05) is 18.2 Å². The van der Waals surface area contributed by atoms with Crippen LogP contribution in [0.3, 0.4) is 0 Å². The number of thiophene rings is 1. The van der Waals surface area contributed by atoms with Gasteiger partial charge in [0, 0.05) is 23.2 Å². The van der Waals surface area contributed by atoms with Gasteiger partial charge in [-0.25, -0.2) is 4.68 Å². The van der Waals surface area contributed by atoms with Crippen LogP contribution in [0.5, 0.6) is 0 Å². The predicted molar refractivity (Wildman–Crippen MR) is 109 cm³/mol. The van der Waals surface area contributed by atoms with E-state index < -0.39 is 0 Å². The largest absolute Gasteiger partial charge is 0.304 e. The lowest BCUT2D eigenvalue weighted by Crippen LogP contribution is -2.11. The first-order chi connectivity index (χ1) is 12.9. The number of carbonyl (C=O) groups is 1. The van der Waals surface area contributed by atoms with Gasteiger partial charge in [0.05, 0.1) is 16.3 Å². The second-order valence-corrected chi connectivity index (χ2v) is 7.86. The first kappa shape index (κ1) is 17.5. The first-order valence-corrected chi connectivity index (χ1v) is 9.68. The van der Waals surface area contributed by atoms with Crippen molar-refractivity contribution < 1.29 is 4.79 Å². The highest BCUT2D eigenvalue weighted by Crippen LogP contribution is 2.30. The molecule has 138 valence electrons. The average Bonchev–Trinajstić information content (AvgIpc) is 3.31. The summed E-state index contributed by atoms with van der Waals surface area (Å²) in [4.78, 5) is 14.4. The summed E-state index contributed by atoms with van der Waals surface area (Å²) in [6.07, 6.45) is 0. The highest BCUT2D eigenvalue weighted by atomic mass is 32.1. The number of para-hydroxylation sites is 1. The molecule has 0 saturated heterocycles. The van der Waals surface area contributed by atoms with Crippen LogP contribution in [0.1, 0.15) is 40.9 Å². The van der Waals surface area contributed by atoms with Crippen LogP contribution < -0.4 is 5.32 Å². The molecule has 3 aromatic heterocycles. The number of hydrogen-bond acceptors (Lipinski definition) is 4. The molecule has 0 unspecified atom stereocenters. The van der Waals surface area contributed by atoms with E-state index in [-0.39, 0.29) is 11.9 Å². The summed E-state index contributed by atoms with van der Waals surface area (Å²) >= 11 is 1.44. The number of hydrogen-bond donors (Lipinski definition) is 1. The monoisotopic (exact) mass is 379 g/mol. The molecule has 1 N–H and O–H groups in total. The molecule has 0 radical (unpaired) electrons. The fraction of sp³-hybridized carbons (Fsp3) is 0.250. The van der Waals surface area contributed by atoms with Crippen LogP contribution in [0.4, 0.5) is 5.82 Å². The molecule has 0 aliphatic heterocycles. The number of carbonyl (C=O) groups excluding carboxylic acids is 1. The maximum Gasteiger partial charge on any atom is 0.267 e. The number of benzene rings is 1. The van der Waals surface area contributed by atoms with Crippen LogP contribution in [0.15, 0.2) is 42.5 Å². The molecule has 4 aromatic rings. The molecule has 0 fully saturated rings. The van der Waals surface area contributed by atoms with E-state index >= 15 is 0 Å². The van der Waals surface area contributed by atoms with Gasteiger partial charge in [-0.15, -0.1) is 11.3 Å². The lowest BCUT2D eigenvalue weighted by molar-refractivity contribution is 0.103. The number of aryl methyl sites for hydroxylation is 2. The molecule has 1 aromatic carbocycles. The van der Waals surface area contributed by atoms with Gasteiger partial charge in [0.2, 0.25) is 0 Å². The minimum Gasteiger partial charge on any atom is -0.304 e. The predicted octanol–water partition coefficient (Wildman–Crippen LogP) is 4.73. The number of aromatic nitrogens is 4. The summed E-state index contributed by atoms with van der Waals surface area (Å²) in [6.45, 7) is 8.08. The number of fused-ring (bicyclic) bond motifs is 1. The van der Waals surface area contributed by atoms with Crippen LogP contribution in [0.25, 0.3) is 15.9 Å². The lowest BCUT2D eigenvalue weighted by atomic mass is 10.3. The zero-order valence-corrected chi connectivity index (χ0v) is 16.5. The van der Waals surface area contributed by atoms with Crippen molar-refractivity contribution in [2.24, 2.45) is 0 Å². The molecule has 0 aliphatic rings. The van der Waals surface area contributed by atoms with E-state index in [2.05, 4.69) is 29.4 Å². The third-order valence-electron chi connectivity index (χ3n) is 4.42. The van der Waals surface area contributed by atoms with Crippen molar-refractivity contribution >= 4 is 33.3 Å². The van der Waals surface area contributed by atoms with Crippen molar-refractivity contribution in [2.45, 2.75) is 33.7 Å². The number of amides is 1. The zero-order valence-electron chi connectivity index (χ0n) is 15.7. The van der Waals surface area contributed by atoms with Crippen LogP contribution in [-0.4, -0.2) is 25.5 Å². The van der Waals surface area contributed by atoms with E-state index in [1.54, 1.807) is 0 Å². The van der Waals surface area contributed by atoms with Crippen molar-refractivity contribution in [3.63, 3.8) is 0 Å². The minimum absolute atomic E-state index is 0.149. The Bertz CT molecular complexity index is 1120. The molecule has 0 atom stereocenters. The third kappa shape index (κ3) is 3.14.